The molecule has 0 aromatic carbocycles. The molecule has 1 unspecified atom stereocenters. The molecule has 0 saturated heterocycles. The van der Waals surface area contributed by atoms with Crippen molar-refractivity contribution in [2.45, 2.75) is 20.0 Å². The number of pyridine rings is 1. The highest BCUT2D eigenvalue weighted by atomic mass is 35.5. The van der Waals surface area contributed by atoms with Crippen LogP contribution in [0.5, 0.6) is 0 Å². The summed E-state index contributed by atoms with van der Waals surface area (Å²) in [5, 5.41) is 10.2. The van der Waals surface area contributed by atoms with Gasteiger partial charge in [-0.1, -0.05) is 17.7 Å². The molecule has 0 amide bonds. The third kappa shape index (κ3) is 1.29. The van der Waals surface area contributed by atoms with Gasteiger partial charge in [0.15, 0.2) is 0 Å². The first-order chi connectivity index (χ1) is 6.61. The number of rotatable bonds is 1. The van der Waals surface area contributed by atoms with Crippen LogP contribution in [-0.4, -0.2) is 14.5 Å². The standard InChI is InChI=1S/C10H11ClN2O/c1-6-10(7(2)14)13-8(11)4-3-5-9(13)12-6/h3-5,7,14H,1-2H3. The van der Waals surface area contributed by atoms with Crippen molar-refractivity contribution in [3.05, 3.63) is 34.7 Å². The van der Waals surface area contributed by atoms with Gasteiger partial charge in [-0.25, -0.2) is 4.98 Å². The summed E-state index contributed by atoms with van der Waals surface area (Å²) in [5.74, 6) is 0. The van der Waals surface area contributed by atoms with Gasteiger partial charge in [0.2, 0.25) is 0 Å². The number of hydrogen-bond acceptors (Lipinski definition) is 2. The first kappa shape index (κ1) is 9.49. The third-order valence-electron chi connectivity index (χ3n) is 2.21. The molecule has 1 N–H and O–H groups in total. The topological polar surface area (TPSA) is 37.5 Å². The lowest BCUT2D eigenvalue weighted by atomic mass is 10.2. The lowest BCUT2D eigenvalue weighted by Crippen LogP contribution is -2.00. The number of imidazole rings is 1. The Hall–Kier alpha value is -1.06. The minimum absolute atomic E-state index is 0.565. The number of fused-ring (bicyclic) bond motifs is 1. The normalized spacial score (nSPS) is 13.4. The van der Waals surface area contributed by atoms with E-state index in [1.54, 1.807) is 17.4 Å². The molecule has 0 aliphatic carbocycles. The fourth-order valence-electron chi connectivity index (χ4n) is 1.68. The van der Waals surface area contributed by atoms with Crippen molar-refractivity contribution in [1.29, 1.82) is 0 Å². The second kappa shape index (κ2) is 3.26. The minimum atomic E-state index is -0.565. The Kier molecular flexibility index (Phi) is 2.21. The lowest BCUT2D eigenvalue weighted by Gasteiger charge is -2.06. The Morgan fingerprint density at radius 3 is 2.86 bits per heavy atom. The molecule has 1 atom stereocenters. The van der Waals surface area contributed by atoms with Gasteiger partial charge in [-0.3, -0.25) is 4.40 Å². The number of nitrogens with zero attached hydrogens (tertiary/aromatic N) is 2. The van der Waals surface area contributed by atoms with E-state index in [0.717, 1.165) is 17.0 Å². The molecule has 2 rings (SSSR count). The average molecular weight is 211 g/mol. The second-order valence-electron chi connectivity index (χ2n) is 3.30. The summed E-state index contributed by atoms with van der Waals surface area (Å²) in [4.78, 5) is 4.31. The molecule has 0 fully saturated rings. The van der Waals surface area contributed by atoms with Crippen LogP contribution in [-0.2, 0) is 0 Å². The Balaban J connectivity index is 2.86. The van der Waals surface area contributed by atoms with E-state index in [9.17, 15) is 5.11 Å². The summed E-state index contributed by atoms with van der Waals surface area (Å²) in [6.45, 7) is 3.57. The monoisotopic (exact) mass is 210 g/mol. The van der Waals surface area contributed by atoms with Crippen LogP contribution in [0, 0.1) is 6.92 Å². The lowest BCUT2D eigenvalue weighted by molar-refractivity contribution is 0.192. The summed E-state index contributed by atoms with van der Waals surface area (Å²) in [6.07, 6.45) is -0.565. The fraction of sp³-hybridized carbons (Fsp3) is 0.300. The highest BCUT2D eigenvalue weighted by molar-refractivity contribution is 6.29. The van der Waals surface area contributed by atoms with E-state index in [1.807, 2.05) is 19.1 Å². The number of aromatic nitrogens is 2. The van der Waals surface area contributed by atoms with E-state index in [0.29, 0.717) is 5.15 Å². The zero-order valence-electron chi connectivity index (χ0n) is 8.03. The van der Waals surface area contributed by atoms with E-state index in [-0.39, 0.29) is 0 Å². The number of hydrogen-bond donors (Lipinski definition) is 1. The van der Waals surface area contributed by atoms with Crippen molar-refractivity contribution < 1.29 is 5.11 Å². The van der Waals surface area contributed by atoms with Crippen molar-refractivity contribution in [3.8, 4) is 0 Å². The molecule has 74 valence electrons. The maximum Gasteiger partial charge on any atom is 0.138 e. The quantitative estimate of drug-likeness (QED) is 0.734. The molecule has 0 radical (unpaired) electrons. The Morgan fingerprint density at radius 1 is 1.50 bits per heavy atom. The summed E-state index contributed by atoms with van der Waals surface area (Å²) in [7, 11) is 0. The van der Waals surface area contributed by atoms with Crippen LogP contribution in [0.25, 0.3) is 5.65 Å². The first-order valence-corrected chi connectivity index (χ1v) is 4.80. The van der Waals surface area contributed by atoms with Crippen molar-refractivity contribution >= 4 is 17.2 Å². The molecule has 2 aromatic heterocycles. The Bertz CT molecular complexity index is 476. The smallest absolute Gasteiger partial charge is 0.138 e. The van der Waals surface area contributed by atoms with Gasteiger partial charge < -0.3 is 5.11 Å². The summed E-state index contributed by atoms with van der Waals surface area (Å²) < 4.78 is 1.77. The van der Waals surface area contributed by atoms with Gasteiger partial charge in [-0.2, -0.15) is 0 Å². The van der Waals surface area contributed by atoms with Crippen molar-refractivity contribution in [2.75, 3.05) is 0 Å². The van der Waals surface area contributed by atoms with Crippen LogP contribution in [0.1, 0.15) is 24.4 Å². The van der Waals surface area contributed by atoms with Crippen LogP contribution in [0.2, 0.25) is 5.15 Å². The molecule has 0 bridgehead atoms. The van der Waals surface area contributed by atoms with Crippen LogP contribution >= 0.6 is 11.6 Å². The molecule has 0 aliphatic heterocycles. The number of halogens is 1. The summed E-state index contributed by atoms with van der Waals surface area (Å²) in [5.41, 5.74) is 2.34. The number of aliphatic hydroxyl groups excluding tert-OH is 1. The molecular weight excluding hydrogens is 200 g/mol. The molecule has 0 spiro atoms. The van der Waals surface area contributed by atoms with Gasteiger partial charge in [0.25, 0.3) is 0 Å². The van der Waals surface area contributed by atoms with Crippen LogP contribution in [0.15, 0.2) is 18.2 Å². The maximum atomic E-state index is 9.60. The van der Waals surface area contributed by atoms with Crippen LogP contribution < -0.4 is 0 Å². The number of aryl methyl sites for hydroxylation is 1. The zero-order chi connectivity index (χ0) is 10.3. The summed E-state index contributed by atoms with van der Waals surface area (Å²) >= 11 is 6.03. The van der Waals surface area contributed by atoms with Gasteiger partial charge in [0.1, 0.15) is 10.8 Å². The Labute approximate surface area is 87.0 Å². The fourth-order valence-corrected chi connectivity index (χ4v) is 1.93. The molecule has 0 saturated carbocycles. The average Bonchev–Trinajstić information content (AvgIpc) is 2.42. The SMILES string of the molecule is Cc1nc2cccc(Cl)n2c1C(C)O. The molecular formula is C10H11ClN2O. The highest BCUT2D eigenvalue weighted by Gasteiger charge is 2.14. The largest absolute Gasteiger partial charge is 0.387 e. The van der Waals surface area contributed by atoms with Gasteiger partial charge in [0.05, 0.1) is 17.5 Å². The van der Waals surface area contributed by atoms with E-state index >= 15 is 0 Å². The van der Waals surface area contributed by atoms with Crippen molar-refractivity contribution in [2.24, 2.45) is 0 Å². The van der Waals surface area contributed by atoms with Gasteiger partial charge in [-0.15, -0.1) is 0 Å². The van der Waals surface area contributed by atoms with Crippen LogP contribution in [0.3, 0.4) is 0 Å². The van der Waals surface area contributed by atoms with Crippen molar-refractivity contribution in [1.82, 2.24) is 9.38 Å². The van der Waals surface area contributed by atoms with Gasteiger partial charge >= 0.3 is 0 Å². The molecule has 2 heterocycles. The van der Waals surface area contributed by atoms with E-state index in [4.69, 9.17) is 11.6 Å². The van der Waals surface area contributed by atoms with Gasteiger partial charge in [-0.05, 0) is 26.0 Å². The van der Waals surface area contributed by atoms with E-state index in [1.165, 1.54) is 0 Å². The molecule has 3 nitrogen and oxygen atoms in total. The molecule has 0 aliphatic rings. The number of aliphatic hydroxyl groups is 1. The van der Waals surface area contributed by atoms with E-state index < -0.39 is 6.10 Å². The Morgan fingerprint density at radius 2 is 2.21 bits per heavy atom. The third-order valence-corrected chi connectivity index (χ3v) is 2.51. The first-order valence-electron chi connectivity index (χ1n) is 4.43. The van der Waals surface area contributed by atoms with Crippen molar-refractivity contribution in [3.63, 3.8) is 0 Å². The second-order valence-corrected chi connectivity index (χ2v) is 3.69. The maximum absolute atomic E-state index is 9.60. The molecule has 4 heteroatoms. The minimum Gasteiger partial charge on any atom is -0.387 e. The zero-order valence-corrected chi connectivity index (χ0v) is 8.78. The molecule has 2 aromatic rings. The van der Waals surface area contributed by atoms with Crippen LogP contribution in [0.4, 0.5) is 0 Å². The highest BCUT2D eigenvalue weighted by Crippen LogP contribution is 2.23. The summed E-state index contributed by atoms with van der Waals surface area (Å²) in [6, 6.07) is 5.49. The van der Waals surface area contributed by atoms with Gasteiger partial charge in [0, 0.05) is 0 Å². The predicted molar refractivity (Wildman–Crippen MR) is 55.6 cm³/mol. The molecule has 14 heavy (non-hydrogen) atoms. The predicted octanol–water partition coefficient (Wildman–Crippen LogP) is 2.35. The van der Waals surface area contributed by atoms with E-state index in [2.05, 4.69) is 4.98 Å².